The molecule has 3 aromatic rings. The van der Waals surface area contributed by atoms with Crippen LogP contribution in [0.2, 0.25) is 0 Å². The zero-order valence-corrected chi connectivity index (χ0v) is 11.2. The standard InChI is InChI=1S/C19H11F2/c20-18-7-3-6-17(19(18)21)13-8-9-16-14(11-13)10-12-4-1-2-5-15(12)16/h1-9H,10H2. The lowest BCUT2D eigenvalue weighted by atomic mass is 9.99. The average Bonchev–Trinajstić information content (AvgIpc) is 2.87. The van der Waals surface area contributed by atoms with Gasteiger partial charge in [-0.2, -0.15) is 0 Å². The van der Waals surface area contributed by atoms with E-state index in [-0.39, 0.29) is 5.56 Å². The van der Waals surface area contributed by atoms with Gasteiger partial charge in [-0.3, -0.25) is 0 Å². The van der Waals surface area contributed by atoms with Crippen molar-refractivity contribution in [1.82, 2.24) is 0 Å². The third-order valence-electron chi connectivity index (χ3n) is 3.94. The van der Waals surface area contributed by atoms with Crippen LogP contribution in [0.1, 0.15) is 11.1 Å². The van der Waals surface area contributed by atoms with E-state index in [1.807, 2.05) is 18.2 Å². The summed E-state index contributed by atoms with van der Waals surface area (Å²) in [5.74, 6) is -1.64. The predicted octanol–water partition coefficient (Wildman–Crippen LogP) is 5.00. The molecule has 0 unspecified atom stereocenters. The van der Waals surface area contributed by atoms with E-state index in [4.69, 9.17) is 0 Å². The van der Waals surface area contributed by atoms with E-state index in [0.29, 0.717) is 5.56 Å². The summed E-state index contributed by atoms with van der Waals surface area (Å²) in [6, 6.07) is 19.4. The molecule has 0 atom stereocenters. The van der Waals surface area contributed by atoms with E-state index in [1.54, 1.807) is 12.1 Å². The van der Waals surface area contributed by atoms with Gasteiger partial charge in [-0.15, -0.1) is 0 Å². The predicted molar refractivity (Wildman–Crippen MR) is 78.9 cm³/mol. The molecule has 101 valence electrons. The van der Waals surface area contributed by atoms with Crippen LogP contribution in [0.4, 0.5) is 8.78 Å². The molecule has 0 saturated carbocycles. The van der Waals surface area contributed by atoms with E-state index < -0.39 is 11.6 Å². The van der Waals surface area contributed by atoms with Crippen LogP contribution in [0, 0.1) is 17.7 Å². The summed E-state index contributed by atoms with van der Waals surface area (Å²) in [6.45, 7) is 0. The van der Waals surface area contributed by atoms with Crippen LogP contribution < -0.4 is 0 Å². The van der Waals surface area contributed by atoms with Gasteiger partial charge in [-0.05, 0) is 46.4 Å². The summed E-state index contributed by atoms with van der Waals surface area (Å²) < 4.78 is 27.3. The first kappa shape index (κ1) is 12.3. The number of hydrogen-bond donors (Lipinski definition) is 0. The lowest BCUT2D eigenvalue weighted by molar-refractivity contribution is 0.511. The third kappa shape index (κ3) is 1.87. The maximum atomic E-state index is 13.9. The fourth-order valence-electron chi connectivity index (χ4n) is 2.93. The van der Waals surface area contributed by atoms with Gasteiger partial charge in [-0.1, -0.05) is 48.5 Å². The molecule has 21 heavy (non-hydrogen) atoms. The van der Waals surface area contributed by atoms with Crippen molar-refractivity contribution in [3.8, 4) is 22.3 Å². The topological polar surface area (TPSA) is 0 Å². The quantitative estimate of drug-likeness (QED) is 0.459. The summed E-state index contributed by atoms with van der Waals surface area (Å²) in [5.41, 5.74) is 5.48. The lowest BCUT2D eigenvalue weighted by Gasteiger charge is -2.06. The van der Waals surface area contributed by atoms with Gasteiger partial charge >= 0.3 is 0 Å². The maximum absolute atomic E-state index is 13.9. The minimum atomic E-state index is -0.829. The van der Waals surface area contributed by atoms with Gasteiger partial charge in [0.05, 0.1) is 0 Å². The number of benzene rings is 3. The summed E-state index contributed by atoms with van der Waals surface area (Å²) >= 11 is 0. The van der Waals surface area contributed by atoms with E-state index in [2.05, 4.69) is 18.2 Å². The Hall–Kier alpha value is -2.48. The Labute approximate surface area is 121 Å². The van der Waals surface area contributed by atoms with Gasteiger partial charge in [0.1, 0.15) is 0 Å². The number of hydrogen-bond acceptors (Lipinski definition) is 0. The first-order valence-electron chi connectivity index (χ1n) is 6.82. The molecule has 3 aromatic carbocycles. The van der Waals surface area contributed by atoms with Crippen molar-refractivity contribution in [2.75, 3.05) is 0 Å². The van der Waals surface area contributed by atoms with Crippen LogP contribution in [0.3, 0.4) is 0 Å². The SMILES string of the molecule is Fc1cccc(-c2[c]c3c(cc2)-c2ccccc2C3)c1F. The Balaban J connectivity index is 1.85. The third-order valence-corrected chi connectivity index (χ3v) is 3.94. The normalized spacial score (nSPS) is 12.1. The molecule has 0 heterocycles. The Morgan fingerprint density at radius 3 is 2.48 bits per heavy atom. The highest BCUT2D eigenvalue weighted by molar-refractivity contribution is 5.79. The van der Waals surface area contributed by atoms with Crippen molar-refractivity contribution in [2.45, 2.75) is 6.42 Å². The van der Waals surface area contributed by atoms with Gasteiger partial charge in [0.25, 0.3) is 0 Å². The number of fused-ring (bicyclic) bond motifs is 3. The molecular formula is C19H11F2. The van der Waals surface area contributed by atoms with E-state index in [1.165, 1.54) is 17.2 Å². The van der Waals surface area contributed by atoms with Crippen molar-refractivity contribution < 1.29 is 8.78 Å². The largest absolute Gasteiger partial charge is 0.204 e. The monoisotopic (exact) mass is 277 g/mol. The first-order chi connectivity index (χ1) is 10.2. The molecule has 0 N–H and O–H groups in total. The fraction of sp³-hybridized carbons (Fsp3) is 0.0526. The van der Waals surface area contributed by atoms with Crippen LogP contribution in [0.15, 0.2) is 54.6 Å². The molecule has 4 rings (SSSR count). The highest BCUT2D eigenvalue weighted by Gasteiger charge is 2.19. The van der Waals surface area contributed by atoms with Crippen LogP contribution in [-0.4, -0.2) is 0 Å². The molecule has 0 aliphatic heterocycles. The minimum absolute atomic E-state index is 0.258. The molecule has 0 amide bonds. The van der Waals surface area contributed by atoms with Gasteiger partial charge in [0, 0.05) is 5.56 Å². The molecule has 1 aliphatic rings. The summed E-state index contributed by atoms with van der Waals surface area (Å²) in [6.07, 6.45) is 0.788. The number of halogens is 2. The van der Waals surface area contributed by atoms with Gasteiger partial charge in [0.15, 0.2) is 11.6 Å². The highest BCUT2D eigenvalue weighted by Crippen LogP contribution is 2.38. The van der Waals surface area contributed by atoms with Crippen molar-refractivity contribution in [3.63, 3.8) is 0 Å². The van der Waals surface area contributed by atoms with E-state index >= 15 is 0 Å². The zero-order valence-electron chi connectivity index (χ0n) is 11.2. The molecule has 0 spiro atoms. The highest BCUT2D eigenvalue weighted by atomic mass is 19.2. The van der Waals surface area contributed by atoms with Crippen molar-refractivity contribution in [3.05, 3.63) is 83.4 Å². The zero-order chi connectivity index (χ0) is 14.4. The number of rotatable bonds is 1. The molecule has 0 saturated heterocycles. The molecule has 1 radical (unpaired) electrons. The molecular weight excluding hydrogens is 266 g/mol. The molecule has 0 bridgehead atoms. The molecule has 0 aromatic heterocycles. The maximum Gasteiger partial charge on any atom is 0.166 e. The van der Waals surface area contributed by atoms with Gasteiger partial charge < -0.3 is 0 Å². The first-order valence-corrected chi connectivity index (χ1v) is 6.82. The summed E-state index contributed by atoms with van der Waals surface area (Å²) in [5, 5.41) is 0. The Morgan fingerprint density at radius 1 is 0.762 bits per heavy atom. The molecule has 2 heteroatoms. The Bertz CT molecular complexity index is 850. The van der Waals surface area contributed by atoms with Crippen molar-refractivity contribution in [2.24, 2.45) is 0 Å². The Morgan fingerprint density at radius 2 is 1.57 bits per heavy atom. The second-order valence-electron chi connectivity index (χ2n) is 5.20. The van der Waals surface area contributed by atoms with Gasteiger partial charge in [-0.25, -0.2) is 8.78 Å². The van der Waals surface area contributed by atoms with E-state index in [0.717, 1.165) is 23.6 Å². The molecule has 1 aliphatic carbocycles. The van der Waals surface area contributed by atoms with Crippen LogP contribution in [0.5, 0.6) is 0 Å². The van der Waals surface area contributed by atoms with E-state index in [9.17, 15) is 8.78 Å². The lowest BCUT2D eigenvalue weighted by Crippen LogP contribution is -1.91. The smallest absolute Gasteiger partial charge is 0.166 e. The average molecular weight is 277 g/mol. The van der Waals surface area contributed by atoms with Crippen LogP contribution in [-0.2, 0) is 6.42 Å². The van der Waals surface area contributed by atoms with Crippen molar-refractivity contribution in [1.29, 1.82) is 0 Å². The van der Waals surface area contributed by atoms with Crippen molar-refractivity contribution >= 4 is 0 Å². The fourth-order valence-corrected chi connectivity index (χ4v) is 2.93. The minimum Gasteiger partial charge on any atom is -0.204 e. The Kier molecular flexibility index (Phi) is 2.64. The molecule has 0 fully saturated rings. The summed E-state index contributed by atoms with van der Waals surface area (Å²) in [4.78, 5) is 0. The van der Waals surface area contributed by atoms with Crippen LogP contribution in [0.25, 0.3) is 22.3 Å². The van der Waals surface area contributed by atoms with Crippen LogP contribution >= 0.6 is 0 Å². The van der Waals surface area contributed by atoms with Gasteiger partial charge in [0.2, 0.25) is 0 Å². The second-order valence-corrected chi connectivity index (χ2v) is 5.20. The molecule has 0 nitrogen and oxygen atoms in total. The second kappa shape index (κ2) is 4.52. The summed E-state index contributed by atoms with van der Waals surface area (Å²) in [7, 11) is 0.